The maximum absolute atomic E-state index is 12.4. The lowest BCUT2D eigenvalue weighted by atomic mass is 10.0. The van der Waals surface area contributed by atoms with Gasteiger partial charge in [-0.15, -0.1) is 0 Å². The van der Waals surface area contributed by atoms with Crippen molar-refractivity contribution in [3.05, 3.63) is 24.3 Å². The van der Waals surface area contributed by atoms with Gasteiger partial charge in [0.2, 0.25) is 5.91 Å². The van der Waals surface area contributed by atoms with Crippen molar-refractivity contribution in [2.45, 2.75) is 315 Å². The molecule has 0 spiro atoms. The second-order valence-corrected chi connectivity index (χ2v) is 19.3. The van der Waals surface area contributed by atoms with E-state index in [1.165, 1.54) is 231 Å². The first kappa shape index (κ1) is 61.3. The summed E-state index contributed by atoms with van der Waals surface area (Å²) >= 11 is 0. The molecule has 0 aliphatic rings. The van der Waals surface area contributed by atoms with Crippen LogP contribution in [-0.2, 0) is 14.3 Å². The van der Waals surface area contributed by atoms with Crippen molar-refractivity contribution in [1.82, 2.24) is 5.32 Å². The summed E-state index contributed by atoms with van der Waals surface area (Å²) in [6, 6.07) is -0.630. The average molecular weight is 889 g/mol. The van der Waals surface area contributed by atoms with Gasteiger partial charge in [-0.2, -0.15) is 0 Å². The molecule has 0 aromatic rings. The van der Waals surface area contributed by atoms with Gasteiger partial charge < -0.3 is 20.3 Å². The third kappa shape index (κ3) is 49.6. The van der Waals surface area contributed by atoms with Crippen LogP contribution in [0.25, 0.3) is 0 Å². The van der Waals surface area contributed by atoms with E-state index >= 15 is 0 Å². The van der Waals surface area contributed by atoms with Gasteiger partial charge in [0, 0.05) is 12.8 Å². The highest BCUT2D eigenvalue weighted by Gasteiger charge is 2.18. The first-order valence-corrected chi connectivity index (χ1v) is 28.1. The zero-order valence-electron chi connectivity index (χ0n) is 42.3. The fourth-order valence-electron chi connectivity index (χ4n) is 8.63. The van der Waals surface area contributed by atoms with Gasteiger partial charge in [0.15, 0.2) is 0 Å². The fraction of sp³-hybridized carbons (Fsp3) is 0.895. The molecule has 0 saturated carbocycles. The van der Waals surface area contributed by atoms with E-state index in [0.29, 0.717) is 19.4 Å². The number of unbranched alkanes of at least 4 members (excludes halogenated alkanes) is 39. The van der Waals surface area contributed by atoms with Crippen molar-refractivity contribution in [3.63, 3.8) is 0 Å². The van der Waals surface area contributed by atoms with E-state index in [2.05, 4.69) is 31.3 Å². The number of ether oxygens (including phenoxy) is 1. The minimum Gasteiger partial charge on any atom is -0.466 e. The summed E-state index contributed by atoms with van der Waals surface area (Å²) < 4.78 is 5.46. The van der Waals surface area contributed by atoms with Crippen LogP contribution in [0.5, 0.6) is 0 Å². The lowest BCUT2D eigenvalue weighted by Crippen LogP contribution is -2.45. The summed E-state index contributed by atoms with van der Waals surface area (Å²) in [6.45, 7) is 4.89. The number of hydrogen-bond acceptors (Lipinski definition) is 5. The first-order chi connectivity index (χ1) is 31.0. The standard InChI is InChI=1S/C57H109NO5/c1-3-5-7-9-11-13-15-30-33-37-41-45-49-55(60)54(53-59)58-56(61)50-46-42-38-34-31-27-25-23-21-19-17-16-18-20-22-24-26-28-32-36-40-44-48-52-63-57(62)51-47-43-39-35-29-14-12-10-8-6-4-2/h19,21,45,49,54-55,59-60H,3-18,20,22-44,46-48,50-53H2,1-2H3,(H,58,61)/b21-19-,49-45+. The first-order valence-electron chi connectivity index (χ1n) is 28.1. The molecule has 6 heteroatoms. The fourth-order valence-corrected chi connectivity index (χ4v) is 8.63. The number of carbonyl (C=O) groups is 2. The molecular formula is C57H109NO5. The van der Waals surface area contributed by atoms with Crippen LogP contribution in [0.2, 0.25) is 0 Å². The summed E-state index contributed by atoms with van der Waals surface area (Å²) in [5.74, 6) is -0.0642. The van der Waals surface area contributed by atoms with Crippen LogP contribution in [-0.4, -0.2) is 47.4 Å². The molecule has 0 radical (unpaired) electrons. The van der Waals surface area contributed by atoms with Gasteiger partial charge in [-0.05, 0) is 57.8 Å². The normalized spacial score (nSPS) is 12.8. The minimum atomic E-state index is -0.846. The van der Waals surface area contributed by atoms with Gasteiger partial charge in [-0.3, -0.25) is 9.59 Å². The zero-order chi connectivity index (χ0) is 45.8. The second-order valence-electron chi connectivity index (χ2n) is 19.3. The number of nitrogens with one attached hydrogen (secondary N) is 1. The summed E-state index contributed by atoms with van der Waals surface area (Å²) in [7, 11) is 0. The number of carbonyl (C=O) groups excluding carboxylic acids is 2. The molecule has 0 rings (SSSR count). The van der Waals surface area contributed by atoms with Gasteiger partial charge >= 0.3 is 5.97 Å². The average Bonchev–Trinajstić information content (AvgIpc) is 3.28. The number of hydrogen-bond donors (Lipinski definition) is 3. The molecule has 0 heterocycles. The Bertz CT molecular complexity index is 982. The van der Waals surface area contributed by atoms with Gasteiger partial charge in [-0.1, -0.05) is 256 Å². The van der Waals surface area contributed by atoms with Crippen LogP contribution in [0, 0.1) is 0 Å². The predicted octanol–water partition coefficient (Wildman–Crippen LogP) is 17.1. The molecule has 3 N–H and O–H groups in total. The number of rotatable bonds is 52. The van der Waals surface area contributed by atoms with E-state index in [1.54, 1.807) is 6.08 Å². The molecule has 0 aromatic carbocycles. The van der Waals surface area contributed by atoms with Crippen molar-refractivity contribution < 1.29 is 24.5 Å². The number of amides is 1. The van der Waals surface area contributed by atoms with Gasteiger partial charge in [-0.25, -0.2) is 0 Å². The molecule has 2 atom stereocenters. The Balaban J connectivity index is 3.42. The van der Waals surface area contributed by atoms with E-state index in [9.17, 15) is 19.8 Å². The molecule has 0 bridgehead atoms. The monoisotopic (exact) mass is 888 g/mol. The van der Waals surface area contributed by atoms with Crippen LogP contribution >= 0.6 is 0 Å². The summed E-state index contributed by atoms with van der Waals surface area (Å²) in [5, 5.41) is 23.0. The van der Waals surface area contributed by atoms with Crippen LogP contribution in [0.3, 0.4) is 0 Å². The highest BCUT2D eigenvalue weighted by atomic mass is 16.5. The molecule has 6 nitrogen and oxygen atoms in total. The molecule has 63 heavy (non-hydrogen) atoms. The lowest BCUT2D eigenvalue weighted by Gasteiger charge is -2.20. The number of allylic oxidation sites excluding steroid dienone is 3. The van der Waals surface area contributed by atoms with E-state index in [0.717, 1.165) is 44.9 Å². The molecule has 372 valence electrons. The molecular weight excluding hydrogens is 779 g/mol. The number of esters is 1. The molecule has 0 aliphatic carbocycles. The largest absolute Gasteiger partial charge is 0.466 e. The maximum Gasteiger partial charge on any atom is 0.305 e. The summed E-state index contributed by atoms with van der Waals surface area (Å²) in [6.07, 6.45) is 63.4. The SMILES string of the molecule is CCCCCCCCCCCC/C=C/C(O)C(CO)NC(=O)CCCCCCCCC/C=C\CCCCCCCCCCCCCCOC(=O)CCCCCCCCCCCCC. The van der Waals surface area contributed by atoms with Crippen LogP contribution < -0.4 is 5.32 Å². The van der Waals surface area contributed by atoms with Crippen molar-refractivity contribution in [2.75, 3.05) is 13.2 Å². The lowest BCUT2D eigenvalue weighted by molar-refractivity contribution is -0.143. The van der Waals surface area contributed by atoms with Crippen LogP contribution in [0.15, 0.2) is 24.3 Å². The van der Waals surface area contributed by atoms with Crippen molar-refractivity contribution in [3.8, 4) is 0 Å². The number of aliphatic hydroxyl groups is 2. The van der Waals surface area contributed by atoms with Gasteiger partial charge in [0.25, 0.3) is 0 Å². The minimum absolute atomic E-state index is 0.0105. The summed E-state index contributed by atoms with van der Waals surface area (Å²) in [5.41, 5.74) is 0. The molecule has 1 amide bonds. The van der Waals surface area contributed by atoms with E-state index in [4.69, 9.17) is 4.74 Å². The quantitative estimate of drug-likeness (QED) is 0.0321. The third-order valence-corrected chi connectivity index (χ3v) is 13.0. The van der Waals surface area contributed by atoms with E-state index in [1.807, 2.05) is 6.08 Å². The number of aliphatic hydroxyl groups excluding tert-OH is 2. The molecule has 0 aromatic heterocycles. The van der Waals surface area contributed by atoms with E-state index < -0.39 is 12.1 Å². The Labute approximate surface area is 392 Å². The third-order valence-electron chi connectivity index (χ3n) is 13.0. The zero-order valence-corrected chi connectivity index (χ0v) is 42.3. The Kier molecular flexibility index (Phi) is 51.6. The second kappa shape index (κ2) is 53.0. The van der Waals surface area contributed by atoms with Crippen molar-refractivity contribution in [2.24, 2.45) is 0 Å². The predicted molar refractivity (Wildman–Crippen MR) is 273 cm³/mol. The Morgan fingerprint density at radius 1 is 0.429 bits per heavy atom. The smallest absolute Gasteiger partial charge is 0.305 e. The Morgan fingerprint density at radius 3 is 1.13 bits per heavy atom. The highest BCUT2D eigenvalue weighted by molar-refractivity contribution is 5.76. The maximum atomic E-state index is 12.4. The molecule has 0 saturated heterocycles. The van der Waals surface area contributed by atoms with Crippen LogP contribution in [0.1, 0.15) is 303 Å². The Morgan fingerprint density at radius 2 is 0.746 bits per heavy atom. The van der Waals surface area contributed by atoms with Gasteiger partial charge in [0.1, 0.15) is 0 Å². The van der Waals surface area contributed by atoms with E-state index in [-0.39, 0.29) is 18.5 Å². The van der Waals surface area contributed by atoms with Gasteiger partial charge in [0.05, 0.1) is 25.4 Å². The molecule has 2 unspecified atom stereocenters. The highest BCUT2D eigenvalue weighted by Crippen LogP contribution is 2.16. The topological polar surface area (TPSA) is 95.9 Å². The summed E-state index contributed by atoms with van der Waals surface area (Å²) in [4.78, 5) is 24.4. The Hall–Kier alpha value is -1.66. The van der Waals surface area contributed by atoms with Crippen LogP contribution in [0.4, 0.5) is 0 Å². The van der Waals surface area contributed by atoms with Crippen molar-refractivity contribution >= 4 is 11.9 Å². The van der Waals surface area contributed by atoms with Crippen molar-refractivity contribution in [1.29, 1.82) is 0 Å². The molecule has 0 fully saturated rings. The molecule has 0 aliphatic heterocycles.